The van der Waals surface area contributed by atoms with Crippen LogP contribution in [0, 0.1) is 6.92 Å². The molecule has 0 saturated carbocycles. The van der Waals surface area contributed by atoms with E-state index in [1.54, 1.807) is 30.5 Å². The highest BCUT2D eigenvalue weighted by atomic mass is 16.3. The molecular weight excluding hydrogens is 268 g/mol. The third-order valence-electron chi connectivity index (χ3n) is 3.01. The molecule has 5 nitrogen and oxygen atoms in total. The number of ketones is 1. The highest BCUT2D eigenvalue weighted by Gasteiger charge is 2.07. The van der Waals surface area contributed by atoms with Gasteiger partial charge in [0.1, 0.15) is 5.76 Å². The van der Waals surface area contributed by atoms with Gasteiger partial charge in [-0.05, 0) is 19.1 Å². The molecule has 5 heteroatoms. The van der Waals surface area contributed by atoms with E-state index in [1.807, 2.05) is 19.1 Å². The van der Waals surface area contributed by atoms with Gasteiger partial charge in [0.15, 0.2) is 5.78 Å². The average Bonchev–Trinajstić information content (AvgIpc) is 2.99. The second-order valence-corrected chi connectivity index (χ2v) is 4.73. The van der Waals surface area contributed by atoms with E-state index in [1.165, 1.54) is 0 Å². The van der Waals surface area contributed by atoms with E-state index in [9.17, 15) is 9.59 Å². The summed E-state index contributed by atoms with van der Waals surface area (Å²) in [5, 5.41) is 5.30. The monoisotopic (exact) mass is 286 g/mol. The van der Waals surface area contributed by atoms with Gasteiger partial charge in [-0.25, -0.2) is 4.79 Å². The Labute approximate surface area is 123 Å². The maximum absolute atomic E-state index is 11.9. The van der Waals surface area contributed by atoms with Gasteiger partial charge < -0.3 is 15.1 Å². The molecule has 0 radical (unpaired) electrons. The van der Waals surface area contributed by atoms with Crippen molar-refractivity contribution in [3.8, 4) is 0 Å². The van der Waals surface area contributed by atoms with E-state index in [0.29, 0.717) is 24.4 Å². The molecule has 1 heterocycles. The van der Waals surface area contributed by atoms with Crippen molar-refractivity contribution < 1.29 is 14.0 Å². The molecule has 0 saturated heterocycles. The molecule has 2 N–H and O–H groups in total. The van der Waals surface area contributed by atoms with Crippen LogP contribution in [0.25, 0.3) is 0 Å². The zero-order valence-corrected chi connectivity index (χ0v) is 11.9. The van der Waals surface area contributed by atoms with E-state index in [-0.39, 0.29) is 18.2 Å². The van der Waals surface area contributed by atoms with Gasteiger partial charge in [-0.1, -0.05) is 29.8 Å². The van der Waals surface area contributed by atoms with Crippen LogP contribution in [0.1, 0.15) is 28.1 Å². The van der Waals surface area contributed by atoms with Crippen LogP contribution >= 0.6 is 0 Å². The lowest BCUT2D eigenvalue weighted by molar-refractivity contribution is 0.0983. The van der Waals surface area contributed by atoms with Crippen LogP contribution in [0.3, 0.4) is 0 Å². The minimum atomic E-state index is -0.317. The van der Waals surface area contributed by atoms with Crippen molar-refractivity contribution in [3.05, 3.63) is 59.5 Å². The number of aryl methyl sites for hydroxylation is 1. The van der Waals surface area contributed by atoms with Crippen LogP contribution < -0.4 is 10.6 Å². The molecule has 0 fully saturated rings. The largest absolute Gasteiger partial charge is 0.467 e. The second-order valence-electron chi connectivity index (χ2n) is 4.73. The van der Waals surface area contributed by atoms with Crippen molar-refractivity contribution in [1.29, 1.82) is 0 Å². The molecule has 0 aliphatic carbocycles. The van der Waals surface area contributed by atoms with Gasteiger partial charge in [-0.3, -0.25) is 4.79 Å². The van der Waals surface area contributed by atoms with Crippen LogP contribution in [-0.2, 0) is 6.54 Å². The molecule has 0 bridgehead atoms. The van der Waals surface area contributed by atoms with Crippen LogP contribution in [0.4, 0.5) is 4.79 Å². The molecular formula is C16H18N2O3. The van der Waals surface area contributed by atoms with Crippen LogP contribution in [0.2, 0.25) is 0 Å². The summed E-state index contributed by atoms with van der Waals surface area (Å²) in [5.74, 6) is 0.696. The van der Waals surface area contributed by atoms with Crippen LogP contribution in [-0.4, -0.2) is 18.4 Å². The smallest absolute Gasteiger partial charge is 0.315 e. The summed E-state index contributed by atoms with van der Waals surface area (Å²) in [7, 11) is 0. The van der Waals surface area contributed by atoms with Crippen LogP contribution in [0.5, 0.6) is 0 Å². The van der Waals surface area contributed by atoms with E-state index in [4.69, 9.17) is 4.42 Å². The Bertz CT molecular complexity index is 588. The van der Waals surface area contributed by atoms with Gasteiger partial charge >= 0.3 is 6.03 Å². The SMILES string of the molecule is Cc1ccc(C(=O)CCNC(=O)NCc2ccco2)cc1. The lowest BCUT2D eigenvalue weighted by Crippen LogP contribution is -2.36. The number of hydrogen-bond acceptors (Lipinski definition) is 3. The lowest BCUT2D eigenvalue weighted by Gasteiger charge is -2.06. The third kappa shape index (κ3) is 4.80. The molecule has 0 aliphatic rings. The maximum Gasteiger partial charge on any atom is 0.315 e. The number of carbonyl (C=O) groups excluding carboxylic acids is 2. The fraction of sp³-hybridized carbons (Fsp3) is 0.250. The molecule has 21 heavy (non-hydrogen) atoms. The van der Waals surface area contributed by atoms with Crippen molar-refractivity contribution in [1.82, 2.24) is 10.6 Å². The van der Waals surface area contributed by atoms with Crippen molar-refractivity contribution in [2.24, 2.45) is 0 Å². The van der Waals surface area contributed by atoms with Crippen molar-refractivity contribution in [2.45, 2.75) is 19.9 Å². The first-order valence-electron chi connectivity index (χ1n) is 6.79. The van der Waals surface area contributed by atoms with Gasteiger partial charge in [-0.15, -0.1) is 0 Å². The standard InChI is InChI=1S/C16H18N2O3/c1-12-4-6-13(7-5-12)15(19)8-9-17-16(20)18-11-14-3-2-10-21-14/h2-7,10H,8-9,11H2,1H3,(H2,17,18,20). The summed E-state index contributed by atoms with van der Waals surface area (Å²) in [6.07, 6.45) is 1.83. The average molecular weight is 286 g/mol. The molecule has 0 unspecified atom stereocenters. The lowest BCUT2D eigenvalue weighted by atomic mass is 10.1. The van der Waals surface area contributed by atoms with Gasteiger partial charge in [0.2, 0.25) is 0 Å². The minimum absolute atomic E-state index is 0.0151. The fourth-order valence-electron chi connectivity index (χ4n) is 1.82. The van der Waals surface area contributed by atoms with Gasteiger partial charge in [0.05, 0.1) is 12.8 Å². The minimum Gasteiger partial charge on any atom is -0.467 e. The number of hydrogen-bond donors (Lipinski definition) is 2. The number of urea groups is 1. The normalized spacial score (nSPS) is 10.1. The number of benzene rings is 1. The van der Waals surface area contributed by atoms with Crippen molar-refractivity contribution >= 4 is 11.8 Å². The van der Waals surface area contributed by atoms with E-state index >= 15 is 0 Å². The zero-order valence-electron chi connectivity index (χ0n) is 11.9. The number of rotatable bonds is 6. The summed E-state index contributed by atoms with van der Waals surface area (Å²) >= 11 is 0. The second kappa shape index (κ2) is 7.28. The Balaban J connectivity index is 1.67. The predicted molar refractivity (Wildman–Crippen MR) is 79.1 cm³/mol. The molecule has 0 atom stereocenters. The summed E-state index contributed by atoms with van der Waals surface area (Å²) in [4.78, 5) is 23.4. The van der Waals surface area contributed by atoms with E-state index in [0.717, 1.165) is 5.56 Å². The van der Waals surface area contributed by atoms with Crippen molar-refractivity contribution in [2.75, 3.05) is 6.54 Å². The molecule has 2 rings (SSSR count). The number of furan rings is 1. The fourth-order valence-corrected chi connectivity index (χ4v) is 1.82. The molecule has 1 aromatic carbocycles. The summed E-state index contributed by atoms with van der Waals surface area (Å²) < 4.78 is 5.10. The molecule has 1 aromatic heterocycles. The Morgan fingerprint density at radius 1 is 1.10 bits per heavy atom. The Kier molecular flexibility index (Phi) is 5.15. The first-order valence-corrected chi connectivity index (χ1v) is 6.79. The number of carbonyl (C=O) groups is 2. The maximum atomic E-state index is 11.9. The summed E-state index contributed by atoms with van der Waals surface area (Å²) in [6.45, 7) is 2.60. The molecule has 110 valence electrons. The number of Topliss-reactive ketones (excluding diaryl/α,β-unsaturated/α-hetero) is 1. The first kappa shape index (κ1) is 14.8. The Hall–Kier alpha value is -2.56. The van der Waals surface area contributed by atoms with E-state index in [2.05, 4.69) is 10.6 Å². The predicted octanol–water partition coefficient (Wildman–Crippen LogP) is 2.66. The van der Waals surface area contributed by atoms with Crippen LogP contribution in [0.15, 0.2) is 47.1 Å². The summed E-state index contributed by atoms with van der Waals surface area (Å²) in [6, 6.07) is 10.6. The topological polar surface area (TPSA) is 71.3 Å². The van der Waals surface area contributed by atoms with Crippen molar-refractivity contribution in [3.63, 3.8) is 0 Å². The summed E-state index contributed by atoms with van der Waals surface area (Å²) in [5.41, 5.74) is 1.78. The molecule has 2 aromatic rings. The zero-order chi connectivity index (χ0) is 15.1. The Morgan fingerprint density at radius 2 is 1.86 bits per heavy atom. The van der Waals surface area contributed by atoms with E-state index < -0.39 is 0 Å². The number of amides is 2. The highest BCUT2D eigenvalue weighted by Crippen LogP contribution is 2.05. The molecule has 0 aliphatic heterocycles. The van der Waals surface area contributed by atoms with Gasteiger partial charge in [0, 0.05) is 18.5 Å². The quantitative estimate of drug-likeness (QED) is 0.802. The highest BCUT2D eigenvalue weighted by molar-refractivity contribution is 5.96. The first-order chi connectivity index (χ1) is 10.1. The molecule has 0 spiro atoms. The Morgan fingerprint density at radius 3 is 2.52 bits per heavy atom. The third-order valence-corrected chi connectivity index (χ3v) is 3.01. The van der Waals surface area contributed by atoms with Gasteiger partial charge in [0.25, 0.3) is 0 Å². The number of nitrogens with one attached hydrogen (secondary N) is 2. The molecule has 2 amide bonds. The van der Waals surface area contributed by atoms with Gasteiger partial charge in [-0.2, -0.15) is 0 Å².